The number of ether oxygens (including phenoxy) is 1. The molecule has 1 atom stereocenters. The van der Waals surface area contributed by atoms with E-state index < -0.39 is 11.5 Å². The first-order valence-electron chi connectivity index (χ1n) is 8.45. The molecule has 134 valence electrons. The van der Waals surface area contributed by atoms with Gasteiger partial charge in [0.25, 0.3) is 5.56 Å². The summed E-state index contributed by atoms with van der Waals surface area (Å²) < 4.78 is 6.44. The van der Waals surface area contributed by atoms with Gasteiger partial charge >= 0.3 is 5.97 Å². The molecular weight excluding hydrogens is 332 g/mol. The summed E-state index contributed by atoms with van der Waals surface area (Å²) in [4.78, 5) is 28.9. The van der Waals surface area contributed by atoms with Crippen LogP contribution in [0.1, 0.15) is 48.1 Å². The zero-order chi connectivity index (χ0) is 18.5. The first-order valence-corrected chi connectivity index (χ1v) is 8.45. The van der Waals surface area contributed by atoms with Crippen molar-refractivity contribution in [2.45, 2.75) is 26.3 Å². The number of carbonyl (C=O) groups is 1. The van der Waals surface area contributed by atoms with E-state index in [0.29, 0.717) is 17.9 Å². The van der Waals surface area contributed by atoms with E-state index in [9.17, 15) is 9.59 Å². The molecule has 0 saturated heterocycles. The number of carbonyl (C=O) groups excluding carboxylic acids is 1. The first-order chi connectivity index (χ1) is 12.6. The van der Waals surface area contributed by atoms with Crippen molar-refractivity contribution in [1.82, 2.24) is 15.0 Å². The fourth-order valence-corrected chi connectivity index (χ4v) is 2.72. The zero-order valence-corrected chi connectivity index (χ0v) is 14.7. The average molecular weight is 352 g/mol. The Hall–Kier alpha value is -3.22. The molecular formula is C19H20N4O3. The first kappa shape index (κ1) is 17.6. The Morgan fingerprint density at radius 1 is 1.42 bits per heavy atom. The fraction of sp³-hybridized carbons (Fsp3) is 0.263. The van der Waals surface area contributed by atoms with Crippen LogP contribution in [0.3, 0.4) is 0 Å². The second-order valence-corrected chi connectivity index (χ2v) is 5.87. The van der Waals surface area contributed by atoms with Crippen molar-refractivity contribution >= 4 is 17.9 Å². The lowest BCUT2D eigenvalue weighted by atomic mass is 10.1. The van der Waals surface area contributed by atoms with E-state index in [4.69, 9.17) is 4.74 Å². The lowest BCUT2D eigenvalue weighted by molar-refractivity contribution is 0.0522. The van der Waals surface area contributed by atoms with Gasteiger partial charge in [0.05, 0.1) is 18.5 Å². The molecule has 1 N–H and O–H groups in total. The summed E-state index contributed by atoms with van der Waals surface area (Å²) in [6.07, 6.45) is 5.53. The molecule has 2 aromatic rings. The van der Waals surface area contributed by atoms with Crippen LogP contribution in [-0.2, 0) is 4.74 Å². The van der Waals surface area contributed by atoms with Gasteiger partial charge in [0, 0.05) is 12.2 Å². The number of rotatable bonds is 5. The van der Waals surface area contributed by atoms with Crippen LogP contribution in [0.15, 0.2) is 52.5 Å². The molecule has 0 aliphatic carbocycles. The number of allylic oxidation sites excluding steroid dienone is 1. The summed E-state index contributed by atoms with van der Waals surface area (Å²) in [6.45, 7) is 3.80. The second kappa shape index (κ2) is 7.77. The highest BCUT2D eigenvalue weighted by atomic mass is 16.5. The van der Waals surface area contributed by atoms with Crippen LogP contribution < -0.4 is 11.0 Å². The van der Waals surface area contributed by atoms with Gasteiger partial charge in [-0.25, -0.2) is 9.78 Å². The summed E-state index contributed by atoms with van der Waals surface area (Å²) >= 11 is 0. The van der Waals surface area contributed by atoms with E-state index in [1.165, 1.54) is 10.8 Å². The number of nitrogens with one attached hydrogen (secondary N) is 1. The van der Waals surface area contributed by atoms with Gasteiger partial charge in [-0.15, -0.1) is 0 Å². The second-order valence-electron chi connectivity index (χ2n) is 5.87. The molecule has 2 heterocycles. The van der Waals surface area contributed by atoms with Crippen molar-refractivity contribution in [2.24, 2.45) is 5.10 Å². The van der Waals surface area contributed by atoms with E-state index in [-0.39, 0.29) is 18.2 Å². The van der Waals surface area contributed by atoms with Crippen LogP contribution in [0.4, 0.5) is 0 Å². The van der Waals surface area contributed by atoms with E-state index >= 15 is 0 Å². The molecule has 1 aromatic carbocycles. The van der Waals surface area contributed by atoms with Crippen LogP contribution in [0.25, 0.3) is 5.70 Å². The summed E-state index contributed by atoms with van der Waals surface area (Å²) in [5, 5.41) is 4.22. The molecule has 0 fully saturated rings. The molecule has 26 heavy (non-hydrogen) atoms. The lowest BCUT2D eigenvalue weighted by Gasteiger charge is -2.24. The van der Waals surface area contributed by atoms with Crippen LogP contribution in [0.2, 0.25) is 0 Å². The molecule has 0 spiro atoms. The Morgan fingerprint density at radius 2 is 2.19 bits per heavy atom. The number of fused-ring (bicyclic) bond motifs is 1. The van der Waals surface area contributed by atoms with Crippen molar-refractivity contribution in [1.29, 1.82) is 0 Å². The minimum absolute atomic E-state index is 0.0588. The third-order valence-corrected chi connectivity index (χ3v) is 4.03. The third kappa shape index (κ3) is 3.56. The van der Waals surface area contributed by atoms with Crippen molar-refractivity contribution in [2.75, 3.05) is 6.61 Å². The van der Waals surface area contributed by atoms with Gasteiger partial charge in [0.1, 0.15) is 5.56 Å². The molecule has 1 unspecified atom stereocenters. The normalized spacial score (nSPS) is 16.1. The van der Waals surface area contributed by atoms with Gasteiger partial charge in [0.2, 0.25) is 0 Å². The molecule has 0 amide bonds. The zero-order valence-electron chi connectivity index (χ0n) is 14.7. The molecule has 0 bridgehead atoms. The van der Waals surface area contributed by atoms with Crippen LogP contribution in [-0.4, -0.2) is 28.3 Å². The molecule has 7 heteroatoms. The number of hydrogen-bond acceptors (Lipinski definition) is 6. The number of esters is 1. The SMILES string of the molecule is CCOC(=O)c1cnc2n(c1=O)C(C)CC=C2NN=Cc1ccccc1. The molecule has 1 aliphatic rings. The molecule has 1 aromatic heterocycles. The van der Waals surface area contributed by atoms with Gasteiger partial charge in [-0.1, -0.05) is 36.4 Å². The number of aromatic nitrogens is 2. The van der Waals surface area contributed by atoms with Crippen molar-refractivity contribution in [3.63, 3.8) is 0 Å². The number of nitrogens with zero attached hydrogens (tertiary/aromatic N) is 3. The minimum Gasteiger partial charge on any atom is -0.462 e. The highest BCUT2D eigenvalue weighted by Crippen LogP contribution is 2.23. The maximum Gasteiger partial charge on any atom is 0.345 e. The van der Waals surface area contributed by atoms with Crippen molar-refractivity contribution < 1.29 is 9.53 Å². The molecule has 0 saturated carbocycles. The highest BCUT2D eigenvalue weighted by Gasteiger charge is 2.24. The van der Waals surface area contributed by atoms with Crippen LogP contribution in [0, 0.1) is 0 Å². The largest absolute Gasteiger partial charge is 0.462 e. The number of hydrogen-bond donors (Lipinski definition) is 1. The lowest BCUT2D eigenvalue weighted by Crippen LogP contribution is -2.35. The molecule has 1 aliphatic heterocycles. The Balaban J connectivity index is 1.88. The maximum absolute atomic E-state index is 12.7. The van der Waals surface area contributed by atoms with Crippen molar-refractivity contribution in [3.05, 3.63) is 69.9 Å². The minimum atomic E-state index is -0.654. The summed E-state index contributed by atoms with van der Waals surface area (Å²) in [6, 6.07) is 9.55. The smallest absolute Gasteiger partial charge is 0.345 e. The molecule has 0 radical (unpaired) electrons. The van der Waals surface area contributed by atoms with Gasteiger partial charge in [-0.3, -0.25) is 14.8 Å². The highest BCUT2D eigenvalue weighted by molar-refractivity contribution is 5.88. The topological polar surface area (TPSA) is 85.6 Å². The predicted molar refractivity (Wildman–Crippen MR) is 98.9 cm³/mol. The standard InChI is InChI=1S/C19H20N4O3/c1-3-26-19(25)15-12-20-17-16(10-9-13(2)23(17)18(15)24)22-21-11-14-7-5-4-6-8-14/h4-8,10-13,22H,3,9H2,1-2H3. The Kier molecular flexibility index (Phi) is 5.26. The summed E-state index contributed by atoms with van der Waals surface area (Å²) in [7, 11) is 0. The summed E-state index contributed by atoms with van der Waals surface area (Å²) in [5.74, 6) is -0.203. The van der Waals surface area contributed by atoms with Gasteiger partial charge in [-0.05, 0) is 25.8 Å². The molecule has 3 rings (SSSR count). The van der Waals surface area contributed by atoms with E-state index in [1.807, 2.05) is 43.3 Å². The fourth-order valence-electron chi connectivity index (χ4n) is 2.72. The Morgan fingerprint density at radius 3 is 2.92 bits per heavy atom. The monoisotopic (exact) mass is 352 g/mol. The van der Waals surface area contributed by atoms with E-state index in [0.717, 1.165) is 5.56 Å². The van der Waals surface area contributed by atoms with Crippen LogP contribution in [0.5, 0.6) is 0 Å². The number of benzene rings is 1. The van der Waals surface area contributed by atoms with Crippen molar-refractivity contribution in [3.8, 4) is 0 Å². The summed E-state index contributed by atoms with van der Waals surface area (Å²) in [5.41, 5.74) is 4.06. The Bertz CT molecular complexity index is 916. The third-order valence-electron chi connectivity index (χ3n) is 4.03. The van der Waals surface area contributed by atoms with Crippen LogP contribution >= 0.6 is 0 Å². The predicted octanol–water partition coefficient (Wildman–Crippen LogP) is 2.35. The van der Waals surface area contributed by atoms with E-state index in [1.54, 1.807) is 13.1 Å². The van der Waals surface area contributed by atoms with E-state index in [2.05, 4.69) is 15.5 Å². The van der Waals surface area contributed by atoms with Gasteiger partial charge in [0.15, 0.2) is 5.82 Å². The average Bonchev–Trinajstić information content (AvgIpc) is 2.64. The van der Waals surface area contributed by atoms with Gasteiger partial charge in [-0.2, -0.15) is 5.10 Å². The number of hydrazone groups is 1. The van der Waals surface area contributed by atoms with Gasteiger partial charge < -0.3 is 4.74 Å². The quantitative estimate of drug-likeness (QED) is 0.507. The Labute approximate surface area is 151 Å². The molecule has 7 nitrogen and oxygen atoms in total. The maximum atomic E-state index is 12.7.